The zero-order valence-corrected chi connectivity index (χ0v) is 15.6. The van der Waals surface area contributed by atoms with Crippen molar-refractivity contribution in [2.45, 2.75) is 26.4 Å². The van der Waals surface area contributed by atoms with Crippen LogP contribution in [-0.4, -0.2) is 24.5 Å². The van der Waals surface area contributed by atoms with Crippen LogP contribution in [-0.2, 0) is 11.2 Å². The minimum Gasteiger partial charge on any atom is -0.493 e. The molecule has 0 spiro atoms. The third-order valence-electron chi connectivity index (χ3n) is 4.16. The van der Waals surface area contributed by atoms with Gasteiger partial charge >= 0.3 is 0 Å². The standard InChI is InChI=1S/C21H21FN2O4/c1-3-27-18-12-15-10-13(2)28-19(15)11-14(18)8-9-20(25)23-24-21(26)16-6-4-5-7-17(16)22/h4-9,11-13H,3,10H2,1-2H3,(H,23,25)(H,24,26)/b9-8+/t13-/m0/s1. The molecule has 0 fully saturated rings. The number of halogens is 1. The molecule has 0 aromatic heterocycles. The van der Waals surface area contributed by atoms with E-state index in [-0.39, 0.29) is 11.7 Å². The van der Waals surface area contributed by atoms with Gasteiger partial charge < -0.3 is 9.47 Å². The third-order valence-corrected chi connectivity index (χ3v) is 4.16. The Morgan fingerprint density at radius 3 is 2.82 bits per heavy atom. The second-order valence-corrected chi connectivity index (χ2v) is 6.32. The summed E-state index contributed by atoms with van der Waals surface area (Å²) >= 11 is 0. The molecule has 146 valence electrons. The molecule has 3 rings (SSSR count). The summed E-state index contributed by atoms with van der Waals surface area (Å²) in [5.41, 5.74) is 6.00. The highest BCUT2D eigenvalue weighted by molar-refractivity contribution is 5.98. The van der Waals surface area contributed by atoms with Gasteiger partial charge in [-0.1, -0.05) is 12.1 Å². The number of hydrogen-bond acceptors (Lipinski definition) is 4. The van der Waals surface area contributed by atoms with E-state index < -0.39 is 17.6 Å². The Kier molecular flexibility index (Phi) is 5.93. The number of hydrogen-bond donors (Lipinski definition) is 2. The molecule has 1 heterocycles. The minimum atomic E-state index is -0.741. The van der Waals surface area contributed by atoms with Crippen LogP contribution >= 0.6 is 0 Å². The van der Waals surface area contributed by atoms with E-state index in [9.17, 15) is 14.0 Å². The van der Waals surface area contributed by atoms with Gasteiger partial charge in [-0.15, -0.1) is 0 Å². The fourth-order valence-electron chi connectivity index (χ4n) is 2.90. The minimum absolute atomic E-state index is 0.0978. The number of carbonyl (C=O) groups excluding carboxylic acids is 2. The van der Waals surface area contributed by atoms with Gasteiger partial charge in [0.05, 0.1) is 12.2 Å². The summed E-state index contributed by atoms with van der Waals surface area (Å²) in [4.78, 5) is 23.9. The first kappa shape index (κ1) is 19.4. The van der Waals surface area contributed by atoms with Crippen molar-refractivity contribution in [2.75, 3.05) is 6.61 Å². The normalized spacial score (nSPS) is 15.0. The van der Waals surface area contributed by atoms with Crippen LogP contribution in [0.15, 0.2) is 42.5 Å². The quantitative estimate of drug-likeness (QED) is 0.614. The van der Waals surface area contributed by atoms with Crippen LogP contribution in [0.25, 0.3) is 6.08 Å². The maximum absolute atomic E-state index is 13.6. The van der Waals surface area contributed by atoms with E-state index in [0.717, 1.165) is 17.7 Å². The Bertz CT molecular complexity index is 927. The number of benzene rings is 2. The van der Waals surface area contributed by atoms with Gasteiger partial charge in [0.25, 0.3) is 11.8 Å². The zero-order valence-electron chi connectivity index (χ0n) is 15.6. The molecule has 2 N–H and O–H groups in total. The van der Waals surface area contributed by atoms with Crippen LogP contribution in [0.5, 0.6) is 11.5 Å². The molecular formula is C21H21FN2O4. The van der Waals surface area contributed by atoms with Crippen LogP contribution < -0.4 is 20.3 Å². The van der Waals surface area contributed by atoms with Gasteiger partial charge in [0.1, 0.15) is 23.4 Å². The van der Waals surface area contributed by atoms with E-state index in [4.69, 9.17) is 9.47 Å². The van der Waals surface area contributed by atoms with Crippen molar-refractivity contribution < 1.29 is 23.5 Å². The van der Waals surface area contributed by atoms with Gasteiger partial charge in [-0.05, 0) is 44.2 Å². The molecule has 0 saturated heterocycles. The summed E-state index contributed by atoms with van der Waals surface area (Å²) < 4.78 is 25.0. The van der Waals surface area contributed by atoms with Gasteiger partial charge in [-0.2, -0.15) is 0 Å². The molecule has 0 aliphatic carbocycles. The number of fused-ring (bicyclic) bond motifs is 1. The van der Waals surface area contributed by atoms with E-state index in [1.807, 2.05) is 26.0 Å². The second kappa shape index (κ2) is 8.56. The van der Waals surface area contributed by atoms with Crippen LogP contribution in [0.1, 0.15) is 35.3 Å². The Hall–Kier alpha value is -3.35. The van der Waals surface area contributed by atoms with Crippen molar-refractivity contribution in [1.29, 1.82) is 0 Å². The fourth-order valence-corrected chi connectivity index (χ4v) is 2.90. The first-order chi connectivity index (χ1) is 13.5. The van der Waals surface area contributed by atoms with Crippen LogP contribution in [0.3, 0.4) is 0 Å². The molecule has 2 amide bonds. The average Bonchev–Trinajstić information content (AvgIpc) is 3.03. The van der Waals surface area contributed by atoms with E-state index in [0.29, 0.717) is 17.9 Å². The molecule has 0 radical (unpaired) electrons. The number of amides is 2. The Labute approximate surface area is 162 Å². The van der Waals surface area contributed by atoms with Gasteiger partial charge in [-0.25, -0.2) is 4.39 Å². The first-order valence-corrected chi connectivity index (χ1v) is 8.97. The van der Waals surface area contributed by atoms with Crippen LogP contribution in [0, 0.1) is 5.82 Å². The number of carbonyl (C=O) groups is 2. The molecule has 6 nitrogen and oxygen atoms in total. The summed E-state index contributed by atoms with van der Waals surface area (Å²) in [6.07, 6.45) is 3.73. The number of rotatable bonds is 5. The van der Waals surface area contributed by atoms with Crippen molar-refractivity contribution in [2.24, 2.45) is 0 Å². The zero-order chi connectivity index (χ0) is 20.1. The van der Waals surface area contributed by atoms with Crippen molar-refractivity contribution in [1.82, 2.24) is 10.9 Å². The molecule has 0 bridgehead atoms. The molecule has 0 unspecified atom stereocenters. The summed E-state index contributed by atoms with van der Waals surface area (Å²) in [5.74, 6) is -0.558. The molecule has 1 aliphatic rings. The molecule has 2 aromatic rings. The third kappa shape index (κ3) is 4.49. The SMILES string of the molecule is CCOc1cc2c(cc1/C=C/C(=O)NNC(=O)c1ccccc1F)O[C@@H](C)C2. The lowest BCUT2D eigenvalue weighted by molar-refractivity contribution is -0.117. The highest BCUT2D eigenvalue weighted by Crippen LogP contribution is 2.35. The summed E-state index contributed by atoms with van der Waals surface area (Å²) in [5, 5.41) is 0. The predicted octanol–water partition coefficient (Wildman–Crippen LogP) is 3.02. The smallest absolute Gasteiger partial charge is 0.272 e. The predicted molar refractivity (Wildman–Crippen MR) is 102 cm³/mol. The number of ether oxygens (including phenoxy) is 2. The Morgan fingerprint density at radius 1 is 1.29 bits per heavy atom. The molecule has 1 aliphatic heterocycles. The Balaban J connectivity index is 1.66. The van der Waals surface area contributed by atoms with Crippen molar-refractivity contribution in [3.63, 3.8) is 0 Å². The highest BCUT2D eigenvalue weighted by atomic mass is 19.1. The lowest BCUT2D eigenvalue weighted by atomic mass is 10.1. The molecule has 0 saturated carbocycles. The maximum atomic E-state index is 13.6. The van der Waals surface area contributed by atoms with Crippen LogP contribution in [0.4, 0.5) is 4.39 Å². The molecule has 2 aromatic carbocycles. The molecule has 7 heteroatoms. The number of hydrazine groups is 1. The topological polar surface area (TPSA) is 76.7 Å². The highest BCUT2D eigenvalue weighted by Gasteiger charge is 2.21. The van der Waals surface area contributed by atoms with E-state index in [1.165, 1.54) is 30.3 Å². The largest absolute Gasteiger partial charge is 0.493 e. The molecule has 1 atom stereocenters. The summed E-state index contributed by atoms with van der Waals surface area (Å²) in [6, 6.07) is 9.25. The molecular weight excluding hydrogens is 363 g/mol. The average molecular weight is 384 g/mol. The van der Waals surface area contributed by atoms with Gasteiger partial charge in [0.15, 0.2) is 0 Å². The van der Waals surface area contributed by atoms with Crippen LogP contribution in [0.2, 0.25) is 0 Å². The van der Waals surface area contributed by atoms with Gasteiger partial charge in [0.2, 0.25) is 0 Å². The maximum Gasteiger partial charge on any atom is 0.272 e. The summed E-state index contributed by atoms with van der Waals surface area (Å²) in [6.45, 7) is 4.35. The number of nitrogens with one attached hydrogen (secondary N) is 2. The van der Waals surface area contributed by atoms with Gasteiger partial charge in [0, 0.05) is 23.6 Å². The lowest BCUT2D eigenvalue weighted by Gasteiger charge is -2.10. The van der Waals surface area contributed by atoms with E-state index in [2.05, 4.69) is 10.9 Å². The second-order valence-electron chi connectivity index (χ2n) is 6.32. The van der Waals surface area contributed by atoms with Gasteiger partial charge in [-0.3, -0.25) is 20.4 Å². The Morgan fingerprint density at radius 2 is 2.07 bits per heavy atom. The summed E-state index contributed by atoms with van der Waals surface area (Å²) in [7, 11) is 0. The van der Waals surface area contributed by atoms with Crippen molar-refractivity contribution >= 4 is 17.9 Å². The van der Waals surface area contributed by atoms with Crippen molar-refractivity contribution in [3.8, 4) is 11.5 Å². The monoisotopic (exact) mass is 384 g/mol. The first-order valence-electron chi connectivity index (χ1n) is 8.97. The molecule has 28 heavy (non-hydrogen) atoms. The van der Waals surface area contributed by atoms with E-state index >= 15 is 0 Å². The lowest BCUT2D eigenvalue weighted by Crippen LogP contribution is -2.41. The fraction of sp³-hybridized carbons (Fsp3) is 0.238. The van der Waals surface area contributed by atoms with E-state index in [1.54, 1.807) is 6.08 Å². The van der Waals surface area contributed by atoms with Crippen molar-refractivity contribution in [3.05, 3.63) is 65.0 Å².